The average Bonchev–Trinajstić information content (AvgIpc) is 2.45. The van der Waals surface area contributed by atoms with Crippen molar-refractivity contribution in [3.05, 3.63) is 29.8 Å². The first kappa shape index (κ1) is 17.8. The van der Waals surface area contributed by atoms with Crippen LogP contribution in [0.3, 0.4) is 0 Å². The van der Waals surface area contributed by atoms with Crippen LogP contribution in [0.2, 0.25) is 0 Å². The van der Waals surface area contributed by atoms with Gasteiger partial charge >= 0.3 is 5.97 Å². The molecule has 2 rings (SSSR count). The molecule has 2 N–H and O–H groups in total. The Bertz CT molecular complexity index is 428. The molecule has 4 nitrogen and oxygen atoms in total. The number of nitrogens with zero attached hydrogens (tertiary/aromatic N) is 1. The summed E-state index contributed by atoms with van der Waals surface area (Å²) in [6.45, 7) is 3.17. The van der Waals surface area contributed by atoms with E-state index in [2.05, 4.69) is 4.90 Å². The van der Waals surface area contributed by atoms with Crippen LogP contribution in [0.25, 0.3) is 0 Å². The molecule has 1 fully saturated rings. The van der Waals surface area contributed by atoms with Crippen molar-refractivity contribution in [2.75, 3.05) is 19.6 Å². The number of rotatable bonds is 6. The number of piperidine rings is 1. The van der Waals surface area contributed by atoms with E-state index in [9.17, 15) is 9.90 Å². The molecular formula is C16H24ClNO3. The molecule has 1 aromatic carbocycles. The van der Waals surface area contributed by atoms with Gasteiger partial charge in [0, 0.05) is 6.42 Å². The number of carboxylic acid groups (broad SMARTS) is 1. The fourth-order valence-corrected chi connectivity index (χ4v) is 2.85. The molecule has 21 heavy (non-hydrogen) atoms. The number of aliphatic carboxylic acids is 1. The molecule has 1 aliphatic heterocycles. The fraction of sp³-hybridized carbons (Fsp3) is 0.562. The molecule has 0 spiro atoms. The summed E-state index contributed by atoms with van der Waals surface area (Å²) in [6, 6.07) is 7.55. The van der Waals surface area contributed by atoms with Crippen molar-refractivity contribution in [3.63, 3.8) is 0 Å². The fourth-order valence-electron chi connectivity index (χ4n) is 2.85. The molecule has 1 aromatic rings. The number of hydrogen-bond donors (Lipinski definition) is 2. The molecule has 0 aromatic heterocycles. The number of carbonyl (C=O) groups is 1. The van der Waals surface area contributed by atoms with E-state index in [1.807, 2.05) is 12.1 Å². The van der Waals surface area contributed by atoms with E-state index < -0.39 is 5.97 Å². The number of carboxylic acids is 1. The maximum atomic E-state index is 10.4. The van der Waals surface area contributed by atoms with Gasteiger partial charge in [-0.25, -0.2) is 0 Å². The summed E-state index contributed by atoms with van der Waals surface area (Å²) in [6.07, 6.45) is 4.31. The van der Waals surface area contributed by atoms with E-state index in [1.165, 1.54) is 5.56 Å². The van der Waals surface area contributed by atoms with Crippen LogP contribution in [0.1, 0.15) is 43.6 Å². The van der Waals surface area contributed by atoms with E-state index in [1.54, 1.807) is 12.1 Å². The van der Waals surface area contributed by atoms with Crippen molar-refractivity contribution < 1.29 is 15.0 Å². The summed E-state index contributed by atoms with van der Waals surface area (Å²) >= 11 is 0. The number of phenols is 1. The van der Waals surface area contributed by atoms with Crippen molar-refractivity contribution in [2.24, 2.45) is 0 Å². The highest BCUT2D eigenvalue weighted by Gasteiger charge is 2.20. The van der Waals surface area contributed by atoms with Crippen LogP contribution >= 0.6 is 12.4 Å². The SMILES string of the molecule is Cl.O=C(O)CCCCN1CCC(c2ccc(O)cc2)CC1. The Morgan fingerprint density at radius 3 is 2.33 bits per heavy atom. The highest BCUT2D eigenvalue weighted by molar-refractivity contribution is 5.85. The molecule has 0 aliphatic carbocycles. The molecule has 1 saturated heterocycles. The van der Waals surface area contributed by atoms with Gasteiger partial charge in [-0.05, 0) is 68.9 Å². The Labute approximate surface area is 132 Å². The molecule has 1 aliphatic rings. The number of halogens is 1. The van der Waals surface area contributed by atoms with Crippen LogP contribution in [0, 0.1) is 0 Å². The van der Waals surface area contributed by atoms with Crippen LogP contribution in [-0.4, -0.2) is 40.7 Å². The molecule has 5 heteroatoms. The zero-order valence-electron chi connectivity index (χ0n) is 12.2. The lowest BCUT2D eigenvalue weighted by Gasteiger charge is -2.32. The van der Waals surface area contributed by atoms with E-state index in [-0.39, 0.29) is 18.8 Å². The van der Waals surface area contributed by atoms with Crippen LogP contribution in [0.4, 0.5) is 0 Å². The highest BCUT2D eigenvalue weighted by atomic mass is 35.5. The minimum Gasteiger partial charge on any atom is -0.508 e. The maximum absolute atomic E-state index is 10.4. The lowest BCUT2D eigenvalue weighted by molar-refractivity contribution is -0.137. The first-order valence-corrected chi connectivity index (χ1v) is 7.38. The normalized spacial score (nSPS) is 16.4. The smallest absolute Gasteiger partial charge is 0.303 e. The number of hydrogen-bond acceptors (Lipinski definition) is 3. The van der Waals surface area contributed by atoms with Gasteiger partial charge in [-0.2, -0.15) is 0 Å². The third-order valence-electron chi connectivity index (χ3n) is 4.07. The lowest BCUT2D eigenvalue weighted by Crippen LogP contribution is -2.33. The summed E-state index contributed by atoms with van der Waals surface area (Å²) in [5, 5.41) is 17.9. The Kier molecular flexibility index (Phi) is 7.54. The summed E-state index contributed by atoms with van der Waals surface area (Å²) in [5.41, 5.74) is 1.31. The molecular weight excluding hydrogens is 290 g/mol. The third-order valence-corrected chi connectivity index (χ3v) is 4.07. The van der Waals surface area contributed by atoms with Crippen LogP contribution in [0.15, 0.2) is 24.3 Å². The van der Waals surface area contributed by atoms with Crippen molar-refractivity contribution >= 4 is 18.4 Å². The summed E-state index contributed by atoms with van der Waals surface area (Å²) in [5.74, 6) is 0.214. The maximum Gasteiger partial charge on any atom is 0.303 e. The largest absolute Gasteiger partial charge is 0.508 e. The number of phenolic OH excluding ortho intramolecular Hbond substituents is 1. The predicted octanol–water partition coefficient (Wildman–Crippen LogP) is 3.25. The van der Waals surface area contributed by atoms with Gasteiger partial charge in [0.2, 0.25) is 0 Å². The second-order valence-corrected chi connectivity index (χ2v) is 5.56. The second-order valence-electron chi connectivity index (χ2n) is 5.56. The first-order chi connectivity index (χ1) is 9.65. The minimum absolute atomic E-state index is 0. The number of likely N-dealkylation sites (tertiary alicyclic amines) is 1. The van der Waals surface area contributed by atoms with E-state index >= 15 is 0 Å². The Balaban J connectivity index is 0.00000220. The zero-order valence-corrected chi connectivity index (χ0v) is 13.0. The zero-order chi connectivity index (χ0) is 14.4. The molecule has 0 radical (unpaired) electrons. The molecule has 0 bridgehead atoms. The molecule has 1 heterocycles. The minimum atomic E-state index is -0.698. The Hall–Kier alpha value is -1.26. The molecule has 118 valence electrons. The molecule has 0 atom stereocenters. The van der Waals surface area contributed by atoms with Gasteiger partial charge in [0.15, 0.2) is 0 Å². The molecule has 0 unspecified atom stereocenters. The summed E-state index contributed by atoms with van der Waals surface area (Å²) in [7, 11) is 0. The Morgan fingerprint density at radius 1 is 1.14 bits per heavy atom. The molecule has 0 amide bonds. The predicted molar refractivity (Wildman–Crippen MR) is 85.3 cm³/mol. The van der Waals surface area contributed by atoms with Crippen LogP contribution in [0.5, 0.6) is 5.75 Å². The summed E-state index contributed by atoms with van der Waals surface area (Å²) in [4.78, 5) is 12.9. The highest BCUT2D eigenvalue weighted by Crippen LogP contribution is 2.29. The van der Waals surface area contributed by atoms with Gasteiger partial charge in [-0.15, -0.1) is 12.4 Å². The third kappa shape index (κ3) is 5.94. The number of benzene rings is 1. The van der Waals surface area contributed by atoms with E-state index in [4.69, 9.17) is 5.11 Å². The van der Waals surface area contributed by atoms with Crippen molar-refractivity contribution in [1.29, 1.82) is 0 Å². The number of aromatic hydroxyl groups is 1. The van der Waals surface area contributed by atoms with Crippen molar-refractivity contribution in [2.45, 2.75) is 38.0 Å². The summed E-state index contributed by atoms with van der Waals surface area (Å²) < 4.78 is 0. The Morgan fingerprint density at radius 2 is 1.76 bits per heavy atom. The van der Waals surface area contributed by atoms with Crippen LogP contribution in [-0.2, 0) is 4.79 Å². The van der Waals surface area contributed by atoms with E-state index in [0.717, 1.165) is 45.3 Å². The van der Waals surface area contributed by atoms with Crippen molar-refractivity contribution in [3.8, 4) is 5.75 Å². The van der Waals surface area contributed by atoms with Gasteiger partial charge in [0.05, 0.1) is 0 Å². The van der Waals surface area contributed by atoms with Gasteiger partial charge < -0.3 is 15.1 Å². The van der Waals surface area contributed by atoms with Gasteiger partial charge in [0.1, 0.15) is 5.75 Å². The van der Waals surface area contributed by atoms with Crippen molar-refractivity contribution in [1.82, 2.24) is 4.90 Å². The van der Waals surface area contributed by atoms with Crippen LogP contribution < -0.4 is 0 Å². The first-order valence-electron chi connectivity index (χ1n) is 7.38. The van der Waals surface area contributed by atoms with E-state index in [0.29, 0.717) is 11.7 Å². The second kappa shape index (κ2) is 8.90. The average molecular weight is 314 g/mol. The standard InChI is InChI=1S/C16H23NO3.ClH/c18-15-6-4-13(5-7-15)14-8-11-17(12-9-14)10-2-1-3-16(19)20;/h4-7,14,18H,1-3,8-12H2,(H,19,20);1H. The quantitative estimate of drug-likeness (QED) is 0.791. The van der Waals surface area contributed by atoms with Gasteiger partial charge in [0.25, 0.3) is 0 Å². The lowest BCUT2D eigenvalue weighted by atomic mass is 9.89. The molecule has 0 saturated carbocycles. The van der Waals surface area contributed by atoms with Gasteiger partial charge in [-0.3, -0.25) is 4.79 Å². The monoisotopic (exact) mass is 313 g/mol. The number of unbranched alkanes of at least 4 members (excludes halogenated alkanes) is 1. The topological polar surface area (TPSA) is 60.8 Å². The van der Waals surface area contributed by atoms with Gasteiger partial charge in [-0.1, -0.05) is 12.1 Å².